The third-order valence-electron chi connectivity index (χ3n) is 3.84. The van der Waals surface area contributed by atoms with Crippen LogP contribution in [0.3, 0.4) is 0 Å². The molecule has 0 amide bonds. The number of alkyl halides is 3. The second-order valence-corrected chi connectivity index (χ2v) is 5.32. The van der Waals surface area contributed by atoms with E-state index < -0.39 is 17.6 Å². The van der Waals surface area contributed by atoms with Crippen LogP contribution in [0.15, 0.2) is 18.2 Å². The first-order valence-corrected chi connectivity index (χ1v) is 7.25. The summed E-state index contributed by atoms with van der Waals surface area (Å²) in [5.74, 6) is -0.556. The highest BCUT2D eigenvalue weighted by molar-refractivity contribution is 5.85. The minimum absolute atomic E-state index is 0. The molecule has 0 aromatic heterocycles. The molecule has 7 heteroatoms. The summed E-state index contributed by atoms with van der Waals surface area (Å²) in [6.45, 7) is 4.96. The molecule has 1 atom stereocenters. The SMILES string of the molecule is CCC[C@H](c1cc(C(F)(F)F)ccc1F)N1CCNCC1.Cl. The van der Waals surface area contributed by atoms with Crippen molar-refractivity contribution >= 4 is 12.4 Å². The van der Waals surface area contributed by atoms with E-state index in [0.29, 0.717) is 6.42 Å². The second-order valence-electron chi connectivity index (χ2n) is 5.32. The van der Waals surface area contributed by atoms with Gasteiger partial charge in [0.1, 0.15) is 5.82 Å². The quantitative estimate of drug-likeness (QED) is 0.833. The first kappa shape index (κ1) is 19.2. The van der Waals surface area contributed by atoms with Gasteiger partial charge in [-0.2, -0.15) is 13.2 Å². The Bertz CT molecular complexity index is 473. The molecule has 0 aliphatic carbocycles. The molecule has 126 valence electrons. The molecule has 0 unspecified atom stereocenters. The molecular weight excluding hydrogens is 320 g/mol. The number of rotatable bonds is 4. The van der Waals surface area contributed by atoms with Crippen molar-refractivity contribution in [1.29, 1.82) is 0 Å². The molecule has 0 bridgehead atoms. The maximum absolute atomic E-state index is 14.1. The summed E-state index contributed by atoms with van der Waals surface area (Å²) in [7, 11) is 0. The highest BCUT2D eigenvalue weighted by Crippen LogP contribution is 2.34. The summed E-state index contributed by atoms with van der Waals surface area (Å²) in [6.07, 6.45) is -2.99. The minimum atomic E-state index is -4.44. The van der Waals surface area contributed by atoms with Crippen LogP contribution in [0.1, 0.15) is 36.9 Å². The van der Waals surface area contributed by atoms with Crippen LogP contribution in [-0.2, 0) is 6.18 Å². The van der Waals surface area contributed by atoms with Gasteiger partial charge in [-0.3, -0.25) is 4.90 Å². The van der Waals surface area contributed by atoms with Gasteiger partial charge in [-0.15, -0.1) is 12.4 Å². The number of nitrogens with zero attached hydrogens (tertiary/aromatic N) is 1. The molecule has 1 aromatic rings. The summed E-state index contributed by atoms with van der Waals surface area (Å²) < 4.78 is 52.6. The van der Waals surface area contributed by atoms with E-state index in [4.69, 9.17) is 0 Å². The Morgan fingerprint density at radius 1 is 1.23 bits per heavy atom. The van der Waals surface area contributed by atoms with Crippen LogP contribution in [0, 0.1) is 5.82 Å². The number of halogens is 5. The van der Waals surface area contributed by atoms with Crippen molar-refractivity contribution in [1.82, 2.24) is 10.2 Å². The lowest BCUT2D eigenvalue weighted by Gasteiger charge is -2.35. The Morgan fingerprint density at radius 3 is 2.41 bits per heavy atom. The lowest BCUT2D eigenvalue weighted by atomic mass is 9.97. The van der Waals surface area contributed by atoms with Crippen LogP contribution < -0.4 is 5.32 Å². The van der Waals surface area contributed by atoms with Gasteiger partial charge in [0, 0.05) is 37.8 Å². The zero-order valence-electron chi connectivity index (χ0n) is 12.4. The molecule has 1 aliphatic heterocycles. The van der Waals surface area contributed by atoms with Crippen LogP contribution in [0.2, 0.25) is 0 Å². The lowest BCUT2D eigenvalue weighted by molar-refractivity contribution is -0.137. The average Bonchev–Trinajstić information content (AvgIpc) is 2.45. The summed E-state index contributed by atoms with van der Waals surface area (Å²) in [6, 6.07) is 2.42. The van der Waals surface area contributed by atoms with E-state index in [1.165, 1.54) is 0 Å². The van der Waals surface area contributed by atoms with Gasteiger partial charge in [0.25, 0.3) is 0 Å². The predicted octanol–water partition coefficient (Wildman–Crippen LogP) is 4.01. The summed E-state index contributed by atoms with van der Waals surface area (Å²) in [5.41, 5.74) is -0.622. The monoisotopic (exact) mass is 340 g/mol. The van der Waals surface area contributed by atoms with Crippen LogP contribution in [0.5, 0.6) is 0 Å². The van der Waals surface area contributed by atoms with Crippen LogP contribution in [-0.4, -0.2) is 31.1 Å². The Balaban J connectivity index is 0.00000242. The third kappa shape index (κ3) is 4.57. The van der Waals surface area contributed by atoms with Crippen molar-refractivity contribution in [2.24, 2.45) is 0 Å². The zero-order valence-corrected chi connectivity index (χ0v) is 13.2. The topological polar surface area (TPSA) is 15.3 Å². The lowest BCUT2D eigenvalue weighted by Crippen LogP contribution is -2.45. The molecule has 1 fully saturated rings. The molecule has 0 radical (unpaired) electrons. The van der Waals surface area contributed by atoms with Crippen LogP contribution >= 0.6 is 12.4 Å². The van der Waals surface area contributed by atoms with Crippen molar-refractivity contribution < 1.29 is 17.6 Å². The van der Waals surface area contributed by atoms with E-state index in [1.54, 1.807) is 0 Å². The largest absolute Gasteiger partial charge is 0.416 e. The van der Waals surface area contributed by atoms with Crippen molar-refractivity contribution in [3.63, 3.8) is 0 Å². The van der Waals surface area contributed by atoms with Crippen molar-refractivity contribution in [3.05, 3.63) is 35.1 Å². The fraction of sp³-hybridized carbons (Fsp3) is 0.600. The molecule has 0 saturated carbocycles. The Hall–Kier alpha value is -0.850. The average molecular weight is 341 g/mol. The van der Waals surface area contributed by atoms with E-state index >= 15 is 0 Å². The Morgan fingerprint density at radius 2 is 1.86 bits per heavy atom. The molecule has 1 aromatic carbocycles. The van der Waals surface area contributed by atoms with Crippen LogP contribution in [0.25, 0.3) is 0 Å². The molecule has 1 aliphatic rings. The first-order valence-electron chi connectivity index (χ1n) is 7.25. The number of hydrogen-bond acceptors (Lipinski definition) is 2. The molecule has 0 spiro atoms. The van der Waals surface area contributed by atoms with Crippen LogP contribution in [0.4, 0.5) is 17.6 Å². The first-order chi connectivity index (χ1) is 9.93. The predicted molar refractivity (Wildman–Crippen MR) is 80.7 cm³/mol. The fourth-order valence-electron chi connectivity index (χ4n) is 2.78. The zero-order chi connectivity index (χ0) is 15.5. The van der Waals surface area contributed by atoms with Crippen molar-refractivity contribution in [2.45, 2.75) is 32.0 Å². The molecule has 1 heterocycles. The molecular formula is C15H21ClF4N2. The fourth-order valence-corrected chi connectivity index (χ4v) is 2.78. The van der Waals surface area contributed by atoms with Crippen molar-refractivity contribution in [3.8, 4) is 0 Å². The molecule has 1 saturated heterocycles. The Labute approximate surface area is 134 Å². The highest BCUT2D eigenvalue weighted by Gasteiger charge is 2.33. The van der Waals surface area contributed by atoms with E-state index in [2.05, 4.69) is 10.2 Å². The van der Waals surface area contributed by atoms with Gasteiger partial charge in [0.05, 0.1) is 5.56 Å². The van der Waals surface area contributed by atoms with E-state index in [9.17, 15) is 17.6 Å². The number of nitrogens with one attached hydrogen (secondary N) is 1. The normalized spacial score (nSPS) is 17.9. The standard InChI is InChI=1S/C15H20F4N2.ClH/c1-2-3-14(21-8-6-20-7-9-21)12-10-11(15(17,18)19)4-5-13(12)16;/h4-5,10,14,20H,2-3,6-9H2,1H3;1H/t14-;/m1./s1. The number of benzene rings is 1. The van der Waals surface area contributed by atoms with Gasteiger partial charge in [-0.1, -0.05) is 13.3 Å². The van der Waals surface area contributed by atoms with Gasteiger partial charge in [-0.25, -0.2) is 4.39 Å². The second kappa shape index (κ2) is 8.13. The highest BCUT2D eigenvalue weighted by atomic mass is 35.5. The summed E-state index contributed by atoms with van der Waals surface area (Å²) in [4.78, 5) is 2.07. The molecule has 2 nitrogen and oxygen atoms in total. The van der Waals surface area contributed by atoms with Gasteiger partial charge in [0.15, 0.2) is 0 Å². The van der Waals surface area contributed by atoms with Gasteiger partial charge in [-0.05, 0) is 24.6 Å². The third-order valence-corrected chi connectivity index (χ3v) is 3.84. The Kier molecular flexibility index (Phi) is 7.09. The van der Waals surface area contributed by atoms with Crippen molar-refractivity contribution in [2.75, 3.05) is 26.2 Å². The molecule has 2 rings (SSSR count). The van der Waals surface area contributed by atoms with E-state index in [-0.39, 0.29) is 24.0 Å². The molecule has 22 heavy (non-hydrogen) atoms. The van der Waals surface area contributed by atoms with E-state index in [1.807, 2.05) is 6.92 Å². The maximum Gasteiger partial charge on any atom is 0.416 e. The molecule has 1 N–H and O–H groups in total. The van der Waals surface area contributed by atoms with Gasteiger partial charge < -0.3 is 5.32 Å². The summed E-state index contributed by atoms with van der Waals surface area (Å²) in [5, 5.41) is 3.20. The summed E-state index contributed by atoms with van der Waals surface area (Å²) >= 11 is 0. The van der Waals surface area contributed by atoms with Gasteiger partial charge in [0.2, 0.25) is 0 Å². The van der Waals surface area contributed by atoms with Gasteiger partial charge >= 0.3 is 6.18 Å². The van der Waals surface area contributed by atoms with E-state index in [0.717, 1.165) is 50.8 Å². The smallest absolute Gasteiger partial charge is 0.314 e. The number of piperazine rings is 1. The minimum Gasteiger partial charge on any atom is -0.314 e. The number of hydrogen-bond donors (Lipinski definition) is 1. The maximum atomic E-state index is 14.1.